The summed E-state index contributed by atoms with van der Waals surface area (Å²) in [7, 11) is 1.52. The normalized spacial score (nSPS) is 11.8. The number of nitrogens with zero attached hydrogens (tertiary/aromatic N) is 3. The number of para-hydroxylation sites is 1. The van der Waals surface area contributed by atoms with E-state index in [9.17, 15) is 5.11 Å². The van der Waals surface area contributed by atoms with Crippen molar-refractivity contribution in [1.29, 1.82) is 0 Å². The molecule has 0 spiro atoms. The molecule has 0 bridgehead atoms. The first kappa shape index (κ1) is 17.7. The average Bonchev–Trinajstić information content (AvgIpc) is 3.06. The number of phenolic OH excluding ortho intramolecular Hbond substituents is 1. The smallest absolute Gasteiger partial charge is 0.161 e. The van der Waals surface area contributed by atoms with E-state index in [2.05, 4.69) is 25.8 Å². The number of aliphatic imine (C=N–C) groups is 1. The Morgan fingerprint density at radius 3 is 2.46 bits per heavy atom. The van der Waals surface area contributed by atoms with Crippen LogP contribution in [0.5, 0.6) is 11.5 Å². The Labute approximate surface area is 153 Å². The first-order valence-electron chi connectivity index (χ1n) is 8.45. The highest BCUT2D eigenvalue weighted by atomic mass is 16.5. The molecule has 0 aliphatic rings. The van der Waals surface area contributed by atoms with Crippen molar-refractivity contribution in [3.63, 3.8) is 0 Å². The fraction of sp³-hybridized carbons (Fsp3) is 0.238. The largest absolute Gasteiger partial charge is 0.504 e. The predicted molar refractivity (Wildman–Crippen MR) is 104 cm³/mol. The highest BCUT2D eigenvalue weighted by Crippen LogP contribution is 2.29. The molecule has 1 N–H and O–H groups in total. The van der Waals surface area contributed by atoms with Gasteiger partial charge in [0.1, 0.15) is 0 Å². The molecule has 0 atom stereocenters. The Balaban J connectivity index is 2.02. The van der Waals surface area contributed by atoms with Crippen molar-refractivity contribution >= 4 is 12.0 Å². The van der Waals surface area contributed by atoms with Crippen LogP contribution in [0.25, 0.3) is 5.69 Å². The first-order chi connectivity index (χ1) is 12.4. The van der Waals surface area contributed by atoms with Crippen molar-refractivity contribution in [3.05, 3.63) is 65.9 Å². The lowest BCUT2D eigenvalue weighted by atomic mass is 9.92. The van der Waals surface area contributed by atoms with E-state index in [-0.39, 0.29) is 11.2 Å². The van der Waals surface area contributed by atoms with Crippen LogP contribution in [0.1, 0.15) is 32.0 Å². The van der Waals surface area contributed by atoms with E-state index in [1.165, 1.54) is 7.11 Å². The molecule has 0 saturated heterocycles. The van der Waals surface area contributed by atoms with E-state index in [0.29, 0.717) is 5.75 Å². The maximum atomic E-state index is 9.72. The third-order valence-electron chi connectivity index (χ3n) is 4.01. The molecular formula is C21H23N3O2. The van der Waals surface area contributed by atoms with Crippen LogP contribution in [0.15, 0.2) is 59.6 Å². The van der Waals surface area contributed by atoms with Crippen LogP contribution < -0.4 is 4.74 Å². The first-order valence-corrected chi connectivity index (χ1v) is 8.45. The monoisotopic (exact) mass is 349 g/mol. The maximum Gasteiger partial charge on any atom is 0.161 e. The van der Waals surface area contributed by atoms with E-state index in [1.54, 1.807) is 24.4 Å². The molecule has 0 amide bonds. The topological polar surface area (TPSA) is 59.6 Å². The van der Waals surface area contributed by atoms with Gasteiger partial charge in [0.05, 0.1) is 18.5 Å². The lowest BCUT2D eigenvalue weighted by Gasteiger charge is -2.14. The number of ether oxygens (including phenoxy) is 1. The van der Waals surface area contributed by atoms with Crippen molar-refractivity contribution in [3.8, 4) is 17.2 Å². The highest BCUT2D eigenvalue weighted by molar-refractivity contribution is 5.83. The fourth-order valence-electron chi connectivity index (χ4n) is 2.50. The summed E-state index contributed by atoms with van der Waals surface area (Å²) in [5.74, 6) is 1.27. The van der Waals surface area contributed by atoms with Gasteiger partial charge in [-0.3, -0.25) is 0 Å². The Hall–Kier alpha value is -3.08. The lowest BCUT2D eigenvalue weighted by molar-refractivity contribution is 0.373. The van der Waals surface area contributed by atoms with E-state index < -0.39 is 0 Å². The van der Waals surface area contributed by atoms with Gasteiger partial charge in [-0.25, -0.2) is 9.67 Å². The van der Waals surface area contributed by atoms with Gasteiger partial charge in [0.25, 0.3) is 0 Å². The highest BCUT2D eigenvalue weighted by Gasteiger charge is 2.20. The van der Waals surface area contributed by atoms with Crippen LogP contribution in [0.2, 0.25) is 0 Å². The molecule has 1 heterocycles. The van der Waals surface area contributed by atoms with Crippen LogP contribution in [-0.2, 0) is 5.41 Å². The molecule has 1 aromatic heterocycles. The summed E-state index contributed by atoms with van der Waals surface area (Å²) < 4.78 is 6.99. The van der Waals surface area contributed by atoms with E-state index in [4.69, 9.17) is 9.84 Å². The predicted octanol–water partition coefficient (Wildman–Crippen LogP) is 4.63. The van der Waals surface area contributed by atoms with Gasteiger partial charge >= 0.3 is 0 Å². The molecule has 0 unspecified atom stereocenters. The second-order valence-electron chi connectivity index (χ2n) is 7.07. The van der Waals surface area contributed by atoms with Gasteiger partial charge in [-0.05, 0) is 35.9 Å². The summed E-state index contributed by atoms with van der Waals surface area (Å²) in [5.41, 5.74) is 2.68. The number of rotatable bonds is 4. The second-order valence-corrected chi connectivity index (χ2v) is 7.07. The second kappa shape index (κ2) is 7.04. The van der Waals surface area contributed by atoms with E-state index in [0.717, 1.165) is 22.8 Å². The Bertz CT molecular complexity index is 922. The van der Waals surface area contributed by atoms with Crippen LogP contribution in [-0.4, -0.2) is 28.2 Å². The van der Waals surface area contributed by atoms with Gasteiger partial charge in [0.2, 0.25) is 0 Å². The molecule has 5 nitrogen and oxygen atoms in total. The molecule has 3 rings (SSSR count). The minimum atomic E-state index is -0.0773. The van der Waals surface area contributed by atoms with Crippen LogP contribution in [0, 0.1) is 0 Å². The van der Waals surface area contributed by atoms with E-state index >= 15 is 0 Å². The summed E-state index contributed by atoms with van der Waals surface area (Å²) in [6.45, 7) is 6.38. The minimum absolute atomic E-state index is 0.0773. The SMILES string of the molecule is COc1cc(/C=N/c2cc(C(C)(C)C)nn2-c2ccccc2)ccc1O. The maximum absolute atomic E-state index is 9.72. The van der Waals surface area contributed by atoms with Crippen molar-refractivity contribution in [2.24, 2.45) is 4.99 Å². The molecule has 0 fully saturated rings. The van der Waals surface area contributed by atoms with Gasteiger partial charge in [0, 0.05) is 17.7 Å². The molecule has 134 valence electrons. The van der Waals surface area contributed by atoms with Crippen molar-refractivity contribution in [2.75, 3.05) is 7.11 Å². The molecule has 2 aromatic carbocycles. The summed E-state index contributed by atoms with van der Waals surface area (Å²) in [4.78, 5) is 4.63. The third kappa shape index (κ3) is 3.77. The molecule has 0 saturated carbocycles. The van der Waals surface area contributed by atoms with E-state index in [1.807, 2.05) is 41.1 Å². The summed E-state index contributed by atoms with van der Waals surface area (Å²) >= 11 is 0. The van der Waals surface area contributed by atoms with Crippen LogP contribution >= 0.6 is 0 Å². The molecule has 26 heavy (non-hydrogen) atoms. The average molecular weight is 349 g/mol. The quantitative estimate of drug-likeness (QED) is 0.698. The molecule has 0 aliphatic carbocycles. The summed E-state index contributed by atoms with van der Waals surface area (Å²) in [6.07, 6.45) is 1.74. The molecule has 0 radical (unpaired) electrons. The zero-order valence-electron chi connectivity index (χ0n) is 15.5. The molecule has 3 aromatic rings. The number of benzene rings is 2. The number of aromatic nitrogens is 2. The third-order valence-corrected chi connectivity index (χ3v) is 4.01. The van der Waals surface area contributed by atoms with Gasteiger partial charge in [-0.2, -0.15) is 5.10 Å². The fourth-order valence-corrected chi connectivity index (χ4v) is 2.50. The minimum Gasteiger partial charge on any atom is -0.504 e. The number of aromatic hydroxyl groups is 1. The van der Waals surface area contributed by atoms with Crippen molar-refractivity contribution in [2.45, 2.75) is 26.2 Å². The number of methoxy groups -OCH3 is 1. The van der Waals surface area contributed by atoms with Crippen LogP contribution in [0.3, 0.4) is 0 Å². The Morgan fingerprint density at radius 2 is 1.81 bits per heavy atom. The molecular weight excluding hydrogens is 326 g/mol. The lowest BCUT2D eigenvalue weighted by Crippen LogP contribution is -2.12. The van der Waals surface area contributed by atoms with Gasteiger partial charge < -0.3 is 9.84 Å². The Kier molecular flexibility index (Phi) is 4.80. The standard InChI is InChI=1S/C21H23N3O2/c1-21(2,3)19-13-20(24(23-19)16-8-6-5-7-9-16)22-14-15-10-11-17(25)18(12-15)26-4/h5-14,25H,1-4H3/b22-14+. The van der Waals surface area contributed by atoms with Gasteiger partial charge in [-0.15, -0.1) is 0 Å². The van der Waals surface area contributed by atoms with Gasteiger partial charge in [-0.1, -0.05) is 39.0 Å². The summed E-state index contributed by atoms with van der Waals surface area (Å²) in [5, 5.41) is 14.5. The zero-order valence-corrected chi connectivity index (χ0v) is 15.5. The van der Waals surface area contributed by atoms with Gasteiger partial charge in [0.15, 0.2) is 17.3 Å². The van der Waals surface area contributed by atoms with Crippen LogP contribution in [0.4, 0.5) is 5.82 Å². The molecule has 5 heteroatoms. The van der Waals surface area contributed by atoms with Crippen molar-refractivity contribution < 1.29 is 9.84 Å². The number of phenols is 1. The zero-order chi connectivity index (χ0) is 18.7. The number of hydrogen-bond acceptors (Lipinski definition) is 4. The summed E-state index contributed by atoms with van der Waals surface area (Å²) in [6, 6.07) is 17.1. The number of hydrogen-bond donors (Lipinski definition) is 1. The Morgan fingerprint density at radius 1 is 1.08 bits per heavy atom. The molecule has 0 aliphatic heterocycles. The van der Waals surface area contributed by atoms with Crippen molar-refractivity contribution in [1.82, 2.24) is 9.78 Å².